The van der Waals surface area contributed by atoms with Crippen LogP contribution in [0.3, 0.4) is 0 Å². The smallest absolute Gasteiger partial charge is 0.290 e. The predicted octanol–water partition coefficient (Wildman–Crippen LogP) is 4.78. The number of methoxy groups -OCH3 is 2. The van der Waals surface area contributed by atoms with Gasteiger partial charge in [0.1, 0.15) is 18.5 Å². The fraction of sp³-hybridized carbons (Fsp3) is 0.265. The van der Waals surface area contributed by atoms with Gasteiger partial charge >= 0.3 is 0 Å². The van der Waals surface area contributed by atoms with Gasteiger partial charge in [-0.3, -0.25) is 14.4 Å². The number of amides is 2. The fourth-order valence-corrected chi connectivity index (χ4v) is 6.29. The van der Waals surface area contributed by atoms with Gasteiger partial charge in [0.05, 0.1) is 30.4 Å². The van der Waals surface area contributed by atoms with Crippen LogP contribution in [0.1, 0.15) is 32.9 Å². The summed E-state index contributed by atoms with van der Waals surface area (Å²) in [6.45, 7) is -0.249. The molecule has 4 aromatic rings. The molecule has 0 aliphatic heterocycles. The van der Waals surface area contributed by atoms with Crippen LogP contribution < -0.4 is 19.5 Å². The third-order valence-electron chi connectivity index (χ3n) is 7.72. The Balaban J connectivity index is 1.59. The second-order valence-electron chi connectivity index (χ2n) is 10.7. The summed E-state index contributed by atoms with van der Waals surface area (Å²) in [5.74, 6) is -0.0834. The summed E-state index contributed by atoms with van der Waals surface area (Å²) in [5, 5.41) is 25.1. The van der Waals surface area contributed by atoms with Crippen molar-refractivity contribution in [3.8, 4) is 17.2 Å². The molecule has 11 nitrogen and oxygen atoms in total. The maximum Gasteiger partial charge on any atom is 0.290 e. The Labute approximate surface area is 289 Å². The second-order valence-corrected chi connectivity index (χ2v) is 12.3. The second kappa shape index (κ2) is 15.2. The molecule has 1 aromatic heterocycles. The Morgan fingerprint density at radius 2 is 1.85 bits per heavy atom. The number of furan rings is 1. The van der Waals surface area contributed by atoms with E-state index < -0.39 is 30.1 Å². The predicted molar refractivity (Wildman–Crippen MR) is 182 cm³/mol. The first-order valence-corrected chi connectivity index (χ1v) is 16.0. The quantitative estimate of drug-likeness (QED) is 0.137. The van der Waals surface area contributed by atoms with Crippen molar-refractivity contribution >= 4 is 63.3 Å². The lowest BCUT2D eigenvalue weighted by Gasteiger charge is -2.40. The topological polar surface area (TPSA) is 148 Å². The van der Waals surface area contributed by atoms with E-state index in [-0.39, 0.29) is 48.9 Å². The van der Waals surface area contributed by atoms with Crippen LogP contribution in [0.4, 0.5) is 0 Å². The number of nitrogens with one attached hydrogen (secondary N) is 1. The molecule has 1 aliphatic carbocycles. The zero-order valence-corrected chi connectivity index (χ0v) is 28.4. The average Bonchev–Trinajstić information content (AvgIpc) is 3.53. The SMILES string of the molecule is COc1cc(C=O)cc(I)c1OC1C=C(C(=O)NCCO)CC(N(Cc2ccc(Cl)cc2)C(=O)c2cc3cccc(OC)c3o2)C1O. The molecule has 0 saturated heterocycles. The number of carbonyl (C=O) groups is 3. The van der Waals surface area contributed by atoms with Crippen molar-refractivity contribution in [2.45, 2.75) is 31.2 Å². The van der Waals surface area contributed by atoms with Gasteiger partial charge < -0.3 is 39.1 Å². The maximum atomic E-state index is 14.4. The van der Waals surface area contributed by atoms with Gasteiger partial charge in [0.15, 0.2) is 28.6 Å². The number of hydrogen-bond donors (Lipinski definition) is 3. The van der Waals surface area contributed by atoms with Gasteiger partial charge in [0, 0.05) is 41.1 Å². The van der Waals surface area contributed by atoms with Gasteiger partial charge in [-0.25, -0.2) is 0 Å². The molecule has 3 aromatic carbocycles. The lowest BCUT2D eigenvalue weighted by molar-refractivity contribution is -0.118. The molecule has 13 heteroatoms. The minimum atomic E-state index is -1.34. The summed E-state index contributed by atoms with van der Waals surface area (Å²) in [4.78, 5) is 40.6. The van der Waals surface area contributed by atoms with E-state index in [9.17, 15) is 24.6 Å². The standard InChI is InChI=1S/C34H32ClIN2O9/c1-44-26-5-3-4-21-15-29(47-31(21)26)34(43)38(17-19-6-8-23(35)9-7-19)25-14-22(33(42)37-10-11-39)16-27(30(25)41)46-32-24(36)12-20(18-40)13-28(32)45-2/h3-9,12-13,15-16,18,25,27,30,39,41H,10-11,14,17H2,1-2H3,(H,37,42). The number of ether oxygens (including phenoxy) is 3. The molecule has 0 fully saturated rings. The minimum absolute atomic E-state index is 0.00202. The number of aldehydes is 1. The lowest BCUT2D eigenvalue weighted by Crippen LogP contribution is -2.54. The number of benzene rings is 3. The van der Waals surface area contributed by atoms with E-state index in [2.05, 4.69) is 5.32 Å². The van der Waals surface area contributed by atoms with Crippen LogP contribution in [0.5, 0.6) is 17.2 Å². The fourth-order valence-electron chi connectivity index (χ4n) is 5.41. The van der Waals surface area contributed by atoms with Gasteiger partial charge in [0.25, 0.3) is 5.91 Å². The van der Waals surface area contributed by atoms with E-state index in [4.69, 9.17) is 30.2 Å². The number of nitrogens with zero attached hydrogens (tertiary/aromatic N) is 1. The highest BCUT2D eigenvalue weighted by molar-refractivity contribution is 14.1. The molecule has 1 aliphatic rings. The normalized spacial score (nSPS) is 17.5. The Morgan fingerprint density at radius 3 is 2.53 bits per heavy atom. The molecule has 0 radical (unpaired) electrons. The summed E-state index contributed by atoms with van der Waals surface area (Å²) in [5.41, 5.74) is 1.70. The Bertz CT molecular complexity index is 1810. The summed E-state index contributed by atoms with van der Waals surface area (Å²) in [6, 6.07) is 15.9. The first-order chi connectivity index (χ1) is 22.7. The number of carbonyl (C=O) groups excluding carboxylic acids is 3. The molecular weight excluding hydrogens is 743 g/mol. The van der Waals surface area contributed by atoms with Crippen LogP contribution in [0.15, 0.2) is 76.7 Å². The number of para-hydroxylation sites is 1. The van der Waals surface area contributed by atoms with E-state index in [0.717, 1.165) is 0 Å². The summed E-state index contributed by atoms with van der Waals surface area (Å²) < 4.78 is 23.8. The maximum absolute atomic E-state index is 14.4. The van der Waals surface area contributed by atoms with Crippen LogP contribution >= 0.6 is 34.2 Å². The van der Waals surface area contributed by atoms with Gasteiger partial charge in [0.2, 0.25) is 5.91 Å². The molecular formula is C34H32ClIN2O9. The van der Waals surface area contributed by atoms with E-state index in [0.29, 0.717) is 42.7 Å². The Morgan fingerprint density at radius 1 is 1.11 bits per heavy atom. The van der Waals surface area contributed by atoms with E-state index in [1.54, 1.807) is 54.6 Å². The Hall–Kier alpha value is -4.11. The van der Waals surface area contributed by atoms with E-state index in [1.807, 2.05) is 22.6 Å². The first-order valence-electron chi connectivity index (χ1n) is 14.6. The summed E-state index contributed by atoms with van der Waals surface area (Å²) >= 11 is 8.13. The van der Waals surface area contributed by atoms with Gasteiger partial charge in [-0.15, -0.1) is 0 Å². The minimum Gasteiger partial charge on any atom is -0.493 e. The summed E-state index contributed by atoms with van der Waals surface area (Å²) in [7, 11) is 2.92. The molecule has 0 spiro atoms. The van der Waals surface area contributed by atoms with Crippen LogP contribution in [-0.2, 0) is 11.3 Å². The average molecular weight is 775 g/mol. The molecule has 246 valence electrons. The third kappa shape index (κ3) is 7.56. The molecule has 0 bridgehead atoms. The van der Waals surface area contributed by atoms with Crippen molar-refractivity contribution in [2.24, 2.45) is 0 Å². The van der Waals surface area contributed by atoms with Crippen molar-refractivity contribution in [2.75, 3.05) is 27.4 Å². The van der Waals surface area contributed by atoms with Gasteiger partial charge in [-0.05, 0) is 70.6 Å². The number of rotatable bonds is 12. The van der Waals surface area contributed by atoms with Crippen molar-refractivity contribution in [1.82, 2.24) is 10.2 Å². The van der Waals surface area contributed by atoms with E-state index >= 15 is 0 Å². The third-order valence-corrected chi connectivity index (χ3v) is 8.78. The van der Waals surface area contributed by atoms with Gasteiger partial charge in [-0.1, -0.05) is 35.9 Å². The number of aliphatic hydroxyl groups excluding tert-OH is 2. The monoisotopic (exact) mass is 774 g/mol. The zero-order valence-electron chi connectivity index (χ0n) is 25.4. The highest BCUT2D eigenvalue weighted by atomic mass is 127. The van der Waals surface area contributed by atoms with Gasteiger partial charge in [-0.2, -0.15) is 0 Å². The lowest BCUT2D eigenvalue weighted by atomic mass is 9.87. The molecule has 5 rings (SSSR count). The van der Waals surface area contributed by atoms with E-state index in [1.165, 1.54) is 31.3 Å². The first kappa shape index (κ1) is 34.2. The van der Waals surface area contributed by atoms with Crippen molar-refractivity contribution in [1.29, 1.82) is 0 Å². The molecule has 3 unspecified atom stereocenters. The summed E-state index contributed by atoms with van der Waals surface area (Å²) in [6.07, 6.45) is -0.347. The molecule has 47 heavy (non-hydrogen) atoms. The molecule has 3 N–H and O–H groups in total. The van der Waals surface area contributed by atoms with Crippen molar-refractivity contribution in [3.05, 3.63) is 97.8 Å². The van der Waals surface area contributed by atoms with Crippen molar-refractivity contribution in [3.63, 3.8) is 0 Å². The van der Waals surface area contributed by atoms with Crippen LogP contribution in [0.25, 0.3) is 11.0 Å². The van der Waals surface area contributed by atoms with Crippen LogP contribution in [0, 0.1) is 3.57 Å². The number of aliphatic hydroxyl groups is 2. The molecule has 0 saturated carbocycles. The largest absolute Gasteiger partial charge is 0.493 e. The highest BCUT2D eigenvalue weighted by Crippen LogP contribution is 2.38. The van der Waals surface area contributed by atoms with Crippen LogP contribution in [0.2, 0.25) is 5.02 Å². The molecule has 2 amide bonds. The Kier molecular flexibility index (Phi) is 11.1. The number of halogens is 2. The zero-order chi connectivity index (χ0) is 33.7. The highest BCUT2D eigenvalue weighted by Gasteiger charge is 2.42. The van der Waals surface area contributed by atoms with Crippen LogP contribution in [-0.4, -0.2) is 78.8 Å². The van der Waals surface area contributed by atoms with Crippen molar-refractivity contribution < 1.29 is 43.2 Å². The molecule has 3 atom stereocenters. The number of hydrogen-bond acceptors (Lipinski definition) is 9. The molecule has 1 heterocycles. The number of fused-ring (bicyclic) bond motifs is 1.